The van der Waals surface area contributed by atoms with E-state index in [2.05, 4.69) is 27.7 Å². The van der Waals surface area contributed by atoms with Crippen LogP contribution >= 0.6 is 11.8 Å². The lowest BCUT2D eigenvalue weighted by molar-refractivity contribution is 0.249. The second kappa shape index (κ2) is 8.81. The van der Waals surface area contributed by atoms with Gasteiger partial charge in [0.15, 0.2) is 0 Å². The van der Waals surface area contributed by atoms with Gasteiger partial charge in [-0.3, -0.25) is 0 Å². The lowest BCUT2D eigenvalue weighted by atomic mass is 10.0. The summed E-state index contributed by atoms with van der Waals surface area (Å²) in [6, 6.07) is 17.9. The molecule has 2 aromatic rings. The van der Waals surface area contributed by atoms with Crippen LogP contribution in [0.1, 0.15) is 12.8 Å². The number of hydrogen-bond donors (Lipinski definition) is 2. The third kappa shape index (κ3) is 4.92. The van der Waals surface area contributed by atoms with Crippen LogP contribution in [0.2, 0.25) is 0 Å². The Labute approximate surface area is 154 Å². The second-order valence-corrected chi connectivity index (χ2v) is 7.53. The molecule has 2 aromatic carbocycles. The number of nitrogens with one attached hydrogen (secondary N) is 2. The van der Waals surface area contributed by atoms with E-state index >= 15 is 0 Å². The van der Waals surface area contributed by atoms with Crippen LogP contribution in [0.4, 0.5) is 21.9 Å². The monoisotopic (exact) mass is 355 g/mol. The summed E-state index contributed by atoms with van der Waals surface area (Å²) in [7, 11) is 2.01. The van der Waals surface area contributed by atoms with Crippen molar-refractivity contribution in [2.75, 3.05) is 35.3 Å². The van der Waals surface area contributed by atoms with Crippen molar-refractivity contribution in [2.45, 2.75) is 12.8 Å². The van der Waals surface area contributed by atoms with Crippen LogP contribution in [-0.4, -0.2) is 31.1 Å². The molecule has 1 fully saturated rings. The molecule has 1 aliphatic heterocycles. The molecule has 132 valence electrons. The molecule has 1 heterocycles. The van der Waals surface area contributed by atoms with E-state index in [1.165, 1.54) is 24.3 Å². The number of benzene rings is 2. The number of amides is 2. The quantitative estimate of drug-likeness (QED) is 0.816. The van der Waals surface area contributed by atoms with Crippen LogP contribution in [0, 0.1) is 5.92 Å². The van der Waals surface area contributed by atoms with Crippen molar-refractivity contribution in [3.63, 3.8) is 0 Å². The third-order valence-corrected chi connectivity index (χ3v) is 5.60. The van der Waals surface area contributed by atoms with Gasteiger partial charge >= 0.3 is 6.03 Å². The minimum absolute atomic E-state index is 0.132. The molecule has 3 rings (SSSR count). The van der Waals surface area contributed by atoms with Gasteiger partial charge in [0.25, 0.3) is 0 Å². The lowest BCUT2D eigenvalue weighted by Crippen LogP contribution is -2.34. The van der Waals surface area contributed by atoms with Crippen LogP contribution in [0.15, 0.2) is 54.6 Å². The molecule has 5 heteroatoms. The molecule has 0 aromatic heterocycles. The highest BCUT2D eigenvalue weighted by Crippen LogP contribution is 2.30. The van der Waals surface area contributed by atoms with Gasteiger partial charge in [-0.2, -0.15) is 11.8 Å². The summed E-state index contributed by atoms with van der Waals surface area (Å²) < 4.78 is 0. The maximum atomic E-state index is 12.3. The SMILES string of the molecule is CN(c1ccccc1)c1ccccc1NC(=O)NCC1CCSCC1. The summed E-state index contributed by atoms with van der Waals surface area (Å²) in [6.07, 6.45) is 2.39. The van der Waals surface area contributed by atoms with E-state index in [0.29, 0.717) is 5.92 Å². The fourth-order valence-corrected chi connectivity index (χ4v) is 4.22. The molecule has 0 spiro atoms. The highest BCUT2D eigenvalue weighted by molar-refractivity contribution is 7.99. The number of rotatable bonds is 5. The highest BCUT2D eigenvalue weighted by atomic mass is 32.2. The fourth-order valence-electron chi connectivity index (χ4n) is 3.02. The molecule has 1 aliphatic rings. The van der Waals surface area contributed by atoms with Crippen LogP contribution in [0.5, 0.6) is 0 Å². The van der Waals surface area contributed by atoms with Gasteiger partial charge in [-0.25, -0.2) is 4.79 Å². The zero-order valence-corrected chi connectivity index (χ0v) is 15.4. The number of urea groups is 1. The van der Waals surface area contributed by atoms with E-state index in [9.17, 15) is 4.79 Å². The predicted octanol–water partition coefficient (Wildman–Crippen LogP) is 4.72. The maximum Gasteiger partial charge on any atom is 0.319 e. The van der Waals surface area contributed by atoms with E-state index < -0.39 is 0 Å². The largest absolute Gasteiger partial charge is 0.343 e. The van der Waals surface area contributed by atoms with Crippen LogP contribution < -0.4 is 15.5 Å². The molecule has 1 saturated heterocycles. The Kier molecular flexibility index (Phi) is 6.23. The van der Waals surface area contributed by atoms with Gasteiger partial charge in [-0.1, -0.05) is 30.3 Å². The summed E-state index contributed by atoms with van der Waals surface area (Å²) in [4.78, 5) is 14.4. The average molecular weight is 356 g/mol. The normalized spacial score (nSPS) is 14.8. The van der Waals surface area contributed by atoms with E-state index in [4.69, 9.17) is 0 Å². The van der Waals surface area contributed by atoms with Crippen molar-refractivity contribution < 1.29 is 4.79 Å². The Morgan fingerprint density at radius 2 is 1.76 bits per heavy atom. The molecule has 2 N–H and O–H groups in total. The van der Waals surface area contributed by atoms with E-state index in [1.54, 1.807) is 0 Å². The summed E-state index contributed by atoms with van der Waals surface area (Å²) in [5.41, 5.74) is 2.86. The van der Waals surface area contributed by atoms with Gasteiger partial charge < -0.3 is 15.5 Å². The third-order valence-electron chi connectivity index (χ3n) is 4.55. The van der Waals surface area contributed by atoms with Gasteiger partial charge in [-0.15, -0.1) is 0 Å². The first-order chi connectivity index (χ1) is 12.2. The van der Waals surface area contributed by atoms with E-state index in [0.717, 1.165) is 23.6 Å². The molecule has 2 amide bonds. The topological polar surface area (TPSA) is 44.4 Å². The van der Waals surface area contributed by atoms with Gasteiger partial charge in [0.1, 0.15) is 0 Å². The Morgan fingerprint density at radius 3 is 2.52 bits per heavy atom. The molecule has 25 heavy (non-hydrogen) atoms. The van der Waals surface area contributed by atoms with Gasteiger partial charge in [0.05, 0.1) is 11.4 Å². The number of carbonyl (C=O) groups is 1. The maximum absolute atomic E-state index is 12.3. The van der Waals surface area contributed by atoms with Crippen molar-refractivity contribution in [1.29, 1.82) is 0 Å². The van der Waals surface area contributed by atoms with Gasteiger partial charge in [0.2, 0.25) is 0 Å². The van der Waals surface area contributed by atoms with Gasteiger partial charge in [-0.05, 0) is 54.5 Å². The Hall–Kier alpha value is -2.14. The minimum atomic E-state index is -0.132. The zero-order chi connectivity index (χ0) is 17.5. The number of thioether (sulfide) groups is 1. The Bertz CT molecular complexity index is 686. The number of hydrogen-bond acceptors (Lipinski definition) is 3. The number of nitrogens with zero attached hydrogens (tertiary/aromatic N) is 1. The molecule has 0 atom stereocenters. The number of para-hydroxylation sites is 3. The minimum Gasteiger partial charge on any atom is -0.343 e. The molecule has 0 unspecified atom stereocenters. The first kappa shape index (κ1) is 17.7. The standard InChI is InChI=1S/C20H25N3OS/c1-23(17-7-3-2-4-8-17)19-10-6-5-9-18(19)22-20(24)21-15-16-11-13-25-14-12-16/h2-10,16H,11-15H2,1H3,(H2,21,22,24). The zero-order valence-electron chi connectivity index (χ0n) is 14.6. The van der Waals surface area contributed by atoms with Gasteiger partial charge in [0, 0.05) is 19.3 Å². The van der Waals surface area contributed by atoms with Crippen molar-refractivity contribution in [2.24, 2.45) is 5.92 Å². The Balaban J connectivity index is 1.63. The molecule has 0 aliphatic carbocycles. The van der Waals surface area contributed by atoms with Crippen LogP contribution in [0.25, 0.3) is 0 Å². The highest BCUT2D eigenvalue weighted by Gasteiger charge is 2.15. The van der Waals surface area contributed by atoms with Crippen molar-refractivity contribution in [3.05, 3.63) is 54.6 Å². The van der Waals surface area contributed by atoms with Crippen LogP contribution in [0.3, 0.4) is 0 Å². The first-order valence-corrected chi connectivity index (χ1v) is 9.90. The summed E-state index contributed by atoms with van der Waals surface area (Å²) in [5.74, 6) is 3.02. The smallest absolute Gasteiger partial charge is 0.319 e. The predicted molar refractivity (Wildman–Crippen MR) is 108 cm³/mol. The molecule has 4 nitrogen and oxygen atoms in total. The molecule has 0 saturated carbocycles. The average Bonchev–Trinajstić information content (AvgIpc) is 2.68. The second-order valence-electron chi connectivity index (χ2n) is 6.30. The van der Waals surface area contributed by atoms with Crippen molar-refractivity contribution in [1.82, 2.24) is 5.32 Å². The van der Waals surface area contributed by atoms with E-state index in [1.807, 2.05) is 61.3 Å². The molecular formula is C20H25N3OS. The van der Waals surface area contributed by atoms with Crippen LogP contribution in [-0.2, 0) is 0 Å². The Morgan fingerprint density at radius 1 is 1.08 bits per heavy atom. The summed E-state index contributed by atoms with van der Waals surface area (Å²) in [6.45, 7) is 0.753. The van der Waals surface area contributed by atoms with Crippen molar-refractivity contribution >= 4 is 34.9 Å². The number of anilines is 3. The molecule has 0 bridgehead atoms. The summed E-state index contributed by atoms with van der Waals surface area (Å²) >= 11 is 2.00. The molecular weight excluding hydrogens is 330 g/mol. The summed E-state index contributed by atoms with van der Waals surface area (Å²) in [5, 5.41) is 6.03. The van der Waals surface area contributed by atoms with Crippen molar-refractivity contribution in [3.8, 4) is 0 Å². The fraction of sp³-hybridized carbons (Fsp3) is 0.350. The molecule has 0 radical (unpaired) electrons. The van der Waals surface area contributed by atoms with E-state index in [-0.39, 0.29) is 6.03 Å². The number of carbonyl (C=O) groups excluding carboxylic acids is 1. The lowest BCUT2D eigenvalue weighted by Gasteiger charge is -2.24. The first-order valence-electron chi connectivity index (χ1n) is 8.74.